The van der Waals surface area contributed by atoms with Gasteiger partial charge in [-0.1, -0.05) is 43.3 Å². The van der Waals surface area contributed by atoms with E-state index in [1.54, 1.807) is 0 Å². The highest BCUT2D eigenvalue weighted by atomic mass is 16.1. The number of likely N-dealkylation sites (N-methyl/N-ethyl adjacent to an activating group) is 1. The number of aromatic nitrogens is 4. The minimum Gasteiger partial charge on any atom is -0.305 e. The van der Waals surface area contributed by atoms with Crippen LogP contribution in [0.2, 0.25) is 0 Å². The van der Waals surface area contributed by atoms with Gasteiger partial charge in [0.15, 0.2) is 11.6 Å². The van der Waals surface area contributed by atoms with E-state index in [1.807, 2.05) is 61.5 Å². The fourth-order valence-electron chi connectivity index (χ4n) is 5.11. The lowest BCUT2D eigenvalue weighted by Gasteiger charge is -2.29. The Hall–Kier alpha value is -4.61. The summed E-state index contributed by atoms with van der Waals surface area (Å²) in [4.78, 5) is 25.9. The number of benzene rings is 2. The van der Waals surface area contributed by atoms with Crippen molar-refractivity contribution in [2.24, 2.45) is 0 Å². The molecule has 37 heavy (non-hydrogen) atoms. The van der Waals surface area contributed by atoms with Crippen LogP contribution in [-0.2, 0) is 13.0 Å². The molecule has 0 bridgehead atoms. The van der Waals surface area contributed by atoms with Gasteiger partial charge in [0.2, 0.25) is 0 Å². The molecule has 0 radical (unpaired) electrons. The van der Waals surface area contributed by atoms with E-state index < -0.39 is 0 Å². The van der Waals surface area contributed by atoms with E-state index in [1.165, 1.54) is 10.9 Å². The minimum absolute atomic E-state index is 0.267. The molecule has 3 aromatic heterocycles. The molecule has 1 aliphatic rings. The van der Waals surface area contributed by atoms with Gasteiger partial charge in [-0.3, -0.25) is 14.7 Å². The molecule has 0 saturated heterocycles. The summed E-state index contributed by atoms with van der Waals surface area (Å²) in [6.07, 6.45) is 2.25. The SMILES string of the molecule is CCN1CCc2nc3ccccc3c(C(=O)Nc3c(C#N)cnn3-c3cc(C)c4ccccc4n3)c2C1. The zero-order valence-corrected chi connectivity index (χ0v) is 20.7. The van der Waals surface area contributed by atoms with Crippen molar-refractivity contribution in [3.05, 3.63) is 88.7 Å². The number of nitriles is 1. The van der Waals surface area contributed by atoms with E-state index in [2.05, 4.69) is 28.3 Å². The summed E-state index contributed by atoms with van der Waals surface area (Å²) in [5.41, 5.74) is 5.39. The number of carbonyl (C=O) groups excluding carboxylic acids is 1. The molecule has 0 fully saturated rings. The highest BCUT2D eigenvalue weighted by Gasteiger charge is 2.27. The molecule has 1 aliphatic heterocycles. The third-order valence-electron chi connectivity index (χ3n) is 7.05. The van der Waals surface area contributed by atoms with Crippen molar-refractivity contribution < 1.29 is 4.79 Å². The van der Waals surface area contributed by atoms with Crippen LogP contribution >= 0.6 is 0 Å². The molecule has 6 rings (SSSR count). The maximum Gasteiger partial charge on any atom is 0.257 e. The van der Waals surface area contributed by atoms with Crippen LogP contribution in [0.25, 0.3) is 27.6 Å². The van der Waals surface area contributed by atoms with Crippen molar-refractivity contribution >= 4 is 33.5 Å². The quantitative estimate of drug-likeness (QED) is 0.392. The first-order valence-corrected chi connectivity index (χ1v) is 12.4. The molecule has 5 aromatic rings. The molecule has 0 unspecified atom stereocenters. The highest BCUT2D eigenvalue weighted by Crippen LogP contribution is 2.30. The normalized spacial score (nSPS) is 13.4. The van der Waals surface area contributed by atoms with Crippen LogP contribution in [0.1, 0.15) is 39.7 Å². The number of hydrogen-bond acceptors (Lipinski definition) is 6. The second kappa shape index (κ2) is 9.12. The van der Waals surface area contributed by atoms with E-state index in [0.29, 0.717) is 23.7 Å². The molecule has 4 heterocycles. The zero-order chi connectivity index (χ0) is 25.5. The third-order valence-corrected chi connectivity index (χ3v) is 7.05. The number of pyridine rings is 2. The molecule has 0 atom stereocenters. The summed E-state index contributed by atoms with van der Waals surface area (Å²) in [6, 6.07) is 19.7. The zero-order valence-electron chi connectivity index (χ0n) is 20.7. The molecule has 0 spiro atoms. The van der Waals surface area contributed by atoms with Gasteiger partial charge in [0, 0.05) is 41.5 Å². The van der Waals surface area contributed by atoms with Crippen molar-refractivity contribution in [2.45, 2.75) is 26.8 Å². The van der Waals surface area contributed by atoms with Gasteiger partial charge in [-0.2, -0.15) is 15.0 Å². The monoisotopic (exact) mass is 487 g/mol. The number of anilines is 1. The van der Waals surface area contributed by atoms with Crippen LogP contribution in [0.5, 0.6) is 0 Å². The fourth-order valence-corrected chi connectivity index (χ4v) is 5.11. The Bertz CT molecular complexity index is 1730. The fraction of sp³-hybridized carbons (Fsp3) is 0.207. The lowest BCUT2D eigenvalue weighted by Crippen LogP contribution is -2.33. The van der Waals surface area contributed by atoms with Crippen molar-refractivity contribution in [1.29, 1.82) is 5.26 Å². The molecular weight excluding hydrogens is 462 g/mol. The van der Waals surface area contributed by atoms with Crippen molar-refractivity contribution in [2.75, 3.05) is 18.4 Å². The number of carbonyl (C=O) groups is 1. The van der Waals surface area contributed by atoms with Gasteiger partial charge >= 0.3 is 0 Å². The van der Waals surface area contributed by atoms with Gasteiger partial charge in [0.1, 0.15) is 11.6 Å². The Labute approximate surface area is 214 Å². The summed E-state index contributed by atoms with van der Waals surface area (Å²) < 4.78 is 1.53. The number of fused-ring (bicyclic) bond motifs is 3. The number of para-hydroxylation sites is 2. The van der Waals surface area contributed by atoms with E-state index >= 15 is 0 Å². The van der Waals surface area contributed by atoms with Crippen LogP contribution in [0, 0.1) is 18.3 Å². The van der Waals surface area contributed by atoms with Gasteiger partial charge in [0.05, 0.1) is 22.8 Å². The largest absolute Gasteiger partial charge is 0.305 e. The smallest absolute Gasteiger partial charge is 0.257 e. The van der Waals surface area contributed by atoms with Crippen LogP contribution in [-0.4, -0.2) is 43.6 Å². The standard InChI is InChI=1S/C29H25N7O/c1-3-35-13-12-25-22(17-35)27(21-9-5-7-11-24(21)32-25)29(37)34-28-19(15-30)16-31-36(28)26-14-18(2)20-8-4-6-10-23(20)33-26/h4-11,14,16H,3,12-13,17H2,1-2H3,(H,34,37). The van der Waals surface area contributed by atoms with Crippen molar-refractivity contribution in [3.8, 4) is 11.9 Å². The molecule has 0 saturated carbocycles. The maximum atomic E-state index is 14.0. The molecular formula is C29H25N7O. The van der Waals surface area contributed by atoms with Crippen LogP contribution < -0.4 is 5.32 Å². The maximum absolute atomic E-state index is 14.0. The molecule has 1 amide bonds. The van der Waals surface area contributed by atoms with Gasteiger partial charge in [-0.05, 0) is 37.2 Å². The first-order chi connectivity index (χ1) is 18.1. The number of amides is 1. The average molecular weight is 488 g/mol. The Balaban J connectivity index is 1.48. The van der Waals surface area contributed by atoms with Crippen LogP contribution in [0.3, 0.4) is 0 Å². The summed E-state index contributed by atoms with van der Waals surface area (Å²) >= 11 is 0. The van der Waals surface area contributed by atoms with Crippen LogP contribution in [0.4, 0.5) is 5.82 Å². The predicted octanol–water partition coefficient (Wildman–Crippen LogP) is 4.78. The number of rotatable bonds is 4. The first-order valence-electron chi connectivity index (χ1n) is 12.4. The molecule has 182 valence electrons. The Morgan fingerprint density at radius 2 is 1.81 bits per heavy atom. The Morgan fingerprint density at radius 1 is 1.08 bits per heavy atom. The number of aryl methyl sites for hydroxylation is 1. The van der Waals surface area contributed by atoms with Gasteiger partial charge in [0.25, 0.3) is 5.91 Å². The summed E-state index contributed by atoms with van der Waals surface area (Å²) in [5, 5.41) is 19.1. The van der Waals surface area contributed by atoms with Gasteiger partial charge < -0.3 is 5.32 Å². The second-order valence-corrected chi connectivity index (χ2v) is 9.25. The lowest BCUT2D eigenvalue weighted by molar-refractivity contribution is 0.102. The summed E-state index contributed by atoms with van der Waals surface area (Å²) in [7, 11) is 0. The molecule has 0 aliphatic carbocycles. The van der Waals surface area contributed by atoms with E-state index in [4.69, 9.17) is 9.97 Å². The average Bonchev–Trinajstić information content (AvgIpc) is 3.33. The number of nitrogens with one attached hydrogen (secondary N) is 1. The minimum atomic E-state index is -0.288. The van der Waals surface area contributed by atoms with Gasteiger partial charge in [-0.15, -0.1) is 0 Å². The molecule has 2 aromatic carbocycles. The topological polar surface area (TPSA) is 99.7 Å². The molecule has 1 N–H and O–H groups in total. The predicted molar refractivity (Wildman–Crippen MR) is 143 cm³/mol. The highest BCUT2D eigenvalue weighted by molar-refractivity contribution is 6.13. The molecule has 8 heteroatoms. The number of hydrogen-bond donors (Lipinski definition) is 1. The van der Waals surface area contributed by atoms with Gasteiger partial charge in [-0.25, -0.2) is 4.98 Å². The van der Waals surface area contributed by atoms with Crippen molar-refractivity contribution in [3.63, 3.8) is 0 Å². The van der Waals surface area contributed by atoms with E-state index in [9.17, 15) is 10.1 Å². The Kier molecular flexibility index (Phi) is 5.63. The van der Waals surface area contributed by atoms with E-state index in [0.717, 1.165) is 58.1 Å². The van der Waals surface area contributed by atoms with E-state index in [-0.39, 0.29) is 11.5 Å². The van der Waals surface area contributed by atoms with Crippen LogP contribution in [0.15, 0.2) is 60.8 Å². The summed E-state index contributed by atoms with van der Waals surface area (Å²) in [6.45, 7) is 6.59. The van der Waals surface area contributed by atoms with Crippen molar-refractivity contribution in [1.82, 2.24) is 24.6 Å². The molecule has 8 nitrogen and oxygen atoms in total. The first kappa shape index (κ1) is 22.8. The third kappa shape index (κ3) is 3.90. The second-order valence-electron chi connectivity index (χ2n) is 9.25. The lowest BCUT2D eigenvalue weighted by atomic mass is 9.95. The summed E-state index contributed by atoms with van der Waals surface area (Å²) in [5.74, 6) is 0.544. The Morgan fingerprint density at radius 3 is 2.57 bits per heavy atom. The number of nitrogens with zero attached hydrogens (tertiary/aromatic N) is 6.